The summed E-state index contributed by atoms with van der Waals surface area (Å²) in [6.45, 7) is 11.8. The van der Waals surface area contributed by atoms with Crippen LogP contribution in [-0.4, -0.2) is 41.1 Å². The zero-order valence-corrected chi connectivity index (χ0v) is 13.8. The van der Waals surface area contributed by atoms with Crippen molar-refractivity contribution >= 4 is 5.78 Å². The predicted molar refractivity (Wildman–Crippen MR) is 84.9 cm³/mol. The molecule has 0 aliphatic rings. The zero-order chi connectivity index (χ0) is 16.0. The molecule has 0 aromatic heterocycles. The Hall–Kier alpha value is -1.39. The van der Waals surface area contributed by atoms with E-state index in [1.807, 2.05) is 19.1 Å². The van der Waals surface area contributed by atoms with E-state index in [0.29, 0.717) is 25.3 Å². The number of carbonyl (C=O) groups is 1. The molecule has 0 unspecified atom stereocenters. The molecule has 1 aromatic carbocycles. The molecular formula is C17H27NO3. The van der Waals surface area contributed by atoms with Crippen molar-refractivity contribution in [2.45, 2.75) is 46.8 Å². The number of rotatable bonds is 8. The van der Waals surface area contributed by atoms with Crippen LogP contribution in [0.1, 0.15) is 50.5 Å². The summed E-state index contributed by atoms with van der Waals surface area (Å²) >= 11 is 0. The summed E-state index contributed by atoms with van der Waals surface area (Å²) in [5, 5.41) is 9.99. The van der Waals surface area contributed by atoms with Crippen LogP contribution in [-0.2, 0) is 6.54 Å². The molecular weight excluding hydrogens is 266 g/mol. The summed E-state index contributed by atoms with van der Waals surface area (Å²) < 4.78 is 5.65. The molecule has 4 nitrogen and oxygen atoms in total. The maximum Gasteiger partial charge on any atom is 0.159 e. The highest BCUT2D eigenvalue weighted by Gasteiger charge is 2.19. The van der Waals surface area contributed by atoms with E-state index in [4.69, 9.17) is 4.74 Å². The first-order chi connectivity index (χ1) is 9.76. The molecule has 0 amide bonds. The third-order valence-electron chi connectivity index (χ3n) is 3.22. The fourth-order valence-electron chi connectivity index (χ4n) is 2.29. The normalized spacial score (nSPS) is 11.8. The van der Waals surface area contributed by atoms with Gasteiger partial charge in [-0.1, -0.05) is 6.92 Å². The van der Waals surface area contributed by atoms with Gasteiger partial charge in [-0.3, -0.25) is 9.69 Å². The molecule has 21 heavy (non-hydrogen) atoms. The first-order valence-electron chi connectivity index (χ1n) is 7.48. The van der Waals surface area contributed by atoms with Gasteiger partial charge in [-0.25, -0.2) is 0 Å². The number of hydrogen-bond donors (Lipinski definition) is 1. The van der Waals surface area contributed by atoms with Gasteiger partial charge in [-0.05, 0) is 52.4 Å². The monoisotopic (exact) mass is 293 g/mol. The van der Waals surface area contributed by atoms with Crippen molar-refractivity contribution in [3.8, 4) is 5.75 Å². The number of aliphatic hydroxyl groups is 1. The molecule has 1 aromatic rings. The molecule has 0 radical (unpaired) electrons. The topological polar surface area (TPSA) is 49.8 Å². The minimum Gasteiger partial charge on any atom is -0.494 e. The Morgan fingerprint density at radius 3 is 2.48 bits per heavy atom. The SMILES string of the molecule is CCOc1ccc(C(C)=O)cc1CN(CC)CC(C)(C)O. The molecule has 0 aliphatic carbocycles. The largest absolute Gasteiger partial charge is 0.494 e. The van der Waals surface area contributed by atoms with Gasteiger partial charge in [0.1, 0.15) is 5.75 Å². The lowest BCUT2D eigenvalue weighted by Crippen LogP contribution is -2.38. The smallest absolute Gasteiger partial charge is 0.159 e. The van der Waals surface area contributed by atoms with E-state index >= 15 is 0 Å². The van der Waals surface area contributed by atoms with Crippen LogP contribution in [0.2, 0.25) is 0 Å². The summed E-state index contributed by atoms with van der Waals surface area (Å²) in [5.74, 6) is 0.849. The van der Waals surface area contributed by atoms with E-state index in [1.54, 1.807) is 26.8 Å². The first-order valence-corrected chi connectivity index (χ1v) is 7.48. The van der Waals surface area contributed by atoms with Gasteiger partial charge < -0.3 is 9.84 Å². The number of benzene rings is 1. The molecule has 0 heterocycles. The second-order valence-electron chi connectivity index (χ2n) is 5.93. The van der Waals surface area contributed by atoms with E-state index in [-0.39, 0.29) is 5.78 Å². The molecule has 4 heteroatoms. The molecule has 1 rings (SSSR count). The summed E-state index contributed by atoms with van der Waals surface area (Å²) in [4.78, 5) is 13.7. The fraction of sp³-hybridized carbons (Fsp3) is 0.588. The lowest BCUT2D eigenvalue weighted by atomic mass is 10.0. The third-order valence-corrected chi connectivity index (χ3v) is 3.22. The highest BCUT2D eigenvalue weighted by molar-refractivity contribution is 5.94. The standard InChI is InChI=1S/C17H27NO3/c1-6-18(12-17(4,5)20)11-15-10-14(13(3)19)8-9-16(15)21-7-2/h8-10,20H,6-7,11-12H2,1-5H3. The summed E-state index contributed by atoms with van der Waals surface area (Å²) in [5.41, 5.74) is 0.920. The van der Waals surface area contributed by atoms with Gasteiger partial charge in [0.25, 0.3) is 0 Å². The van der Waals surface area contributed by atoms with Gasteiger partial charge in [0.2, 0.25) is 0 Å². The molecule has 0 aliphatic heterocycles. The van der Waals surface area contributed by atoms with Gasteiger partial charge in [0, 0.05) is 24.2 Å². The molecule has 118 valence electrons. The number of ketones is 1. The molecule has 0 saturated heterocycles. The Labute approximate surface area is 127 Å². The van der Waals surface area contributed by atoms with E-state index < -0.39 is 5.60 Å². The fourth-order valence-corrected chi connectivity index (χ4v) is 2.29. The van der Waals surface area contributed by atoms with Crippen LogP contribution in [0, 0.1) is 0 Å². The number of hydrogen-bond acceptors (Lipinski definition) is 4. The Balaban J connectivity index is 3.01. The van der Waals surface area contributed by atoms with Gasteiger partial charge >= 0.3 is 0 Å². The van der Waals surface area contributed by atoms with Gasteiger partial charge in [-0.15, -0.1) is 0 Å². The number of likely N-dealkylation sites (N-methyl/N-ethyl adjacent to an activating group) is 1. The highest BCUT2D eigenvalue weighted by atomic mass is 16.5. The maximum atomic E-state index is 11.6. The van der Waals surface area contributed by atoms with Crippen molar-refractivity contribution in [1.82, 2.24) is 4.90 Å². The minimum absolute atomic E-state index is 0.0461. The third kappa shape index (κ3) is 5.86. The number of carbonyl (C=O) groups excluding carboxylic acids is 1. The van der Waals surface area contributed by atoms with Crippen LogP contribution < -0.4 is 4.74 Å². The number of ether oxygens (including phenoxy) is 1. The molecule has 0 saturated carbocycles. The minimum atomic E-state index is -0.750. The van der Waals surface area contributed by atoms with Crippen LogP contribution in [0.25, 0.3) is 0 Å². The van der Waals surface area contributed by atoms with Crippen molar-refractivity contribution in [3.05, 3.63) is 29.3 Å². The van der Waals surface area contributed by atoms with Crippen LogP contribution >= 0.6 is 0 Å². The molecule has 0 bridgehead atoms. The lowest BCUT2D eigenvalue weighted by Gasteiger charge is -2.28. The number of Topliss-reactive ketones (excluding diaryl/α,β-unsaturated/α-hetero) is 1. The molecule has 0 spiro atoms. The van der Waals surface area contributed by atoms with Gasteiger partial charge in [0.15, 0.2) is 5.78 Å². The Kier molecular flexibility index (Phi) is 6.37. The van der Waals surface area contributed by atoms with Crippen molar-refractivity contribution < 1.29 is 14.6 Å². The van der Waals surface area contributed by atoms with Crippen LogP contribution in [0.3, 0.4) is 0 Å². The Morgan fingerprint density at radius 2 is 2.00 bits per heavy atom. The quantitative estimate of drug-likeness (QED) is 0.749. The average Bonchev–Trinajstić information content (AvgIpc) is 2.38. The molecule has 1 N–H and O–H groups in total. The molecule has 0 fully saturated rings. The first kappa shape index (κ1) is 17.7. The molecule has 0 atom stereocenters. The van der Waals surface area contributed by atoms with E-state index in [2.05, 4.69) is 11.8 Å². The lowest BCUT2D eigenvalue weighted by molar-refractivity contribution is 0.0350. The maximum absolute atomic E-state index is 11.6. The Morgan fingerprint density at radius 1 is 1.33 bits per heavy atom. The van der Waals surface area contributed by atoms with E-state index in [0.717, 1.165) is 17.9 Å². The zero-order valence-electron chi connectivity index (χ0n) is 13.8. The predicted octanol–water partition coefficient (Wildman–Crippen LogP) is 2.88. The van der Waals surface area contributed by atoms with Crippen molar-refractivity contribution in [2.75, 3.05) is 19.7 Å². The van der Waals surface area contributed by atoms with E-state index in [9.17, 15) is 9.90 Å². The van der Waals surface area contributed by atoms with Crippen LogP contribution in [0.15, 0.2) is 18.2 Å². The van der Waals surface area contributed by atoms with Crippen LogP contribution in [0.5, 0.6) is 5.75 Å². The van der Waals surface area contributed by atoms with Crippen molar-refractivity contribution in [1.29, 1.82) is 0 Å². The van der Waals surface area contributed by atoms with E-state index in [1.165, 1.54) is 0 Å². The van der Waals surface area contributed by atoms with Crippen molar-refractivity contribution in [2.24, 2.45) is 0 Å². The summed E-state index contributed by atoms with van der Waals surface area (Å²) in [6.07, 6.45) is 0. The number of nitrogens with zero attached hydrogens (tertiary/aromatic N) is 1. The second kappa shape index (κ2) is 7.57. The highest BCUT2D eigenvalue weighted by Crippen LogP contribution is 2.23. The average molecular weight is 293 g/mol. The van der Waals surface area contributed by atoms with Crippen LogP contribution in [0.4, 0.5) is 0 Å². The van der Waals surface area contributed by atoms with Crippen molar-refractivity contribution in [3.63, 3.8) is 0 Å². The summed E-state index contributed by atoms with van der Waals surface area (Å²) in [6, 6.07) is 5.54. The van der Waals surface area contributed by atoms with Gasteiger partial charge in [-0.2, -0.15) is 0 Å². The summed E-state index contributed by atoms with van der Waals surface area (Å²) in [7, 11) is 0. The second-order valence-corrected chi connectivity index (χ2v) is 5.93. The Bertz CT molecular complexity index is 477. The van der Waals surface area contributed by atoms with Gasteiger partial charge in [0.05, 0.1) is 12.2 Å².